The first kappa shape index (κ1) is 11.6. The Hall–Kier alpha value is -1.51. The number of benzene rings is 1. The van der Waals surface area contributed by atoms with Crippen molar-refractivity contribution in [2.45, 2.75) is 38.8 Å². The van der Waals surface area contributed by atoms with Crippen molar-refractivity contribution in [3.63, 3.8) is 0 Å². The van der Waals surface area contributed by atoms with Crippen LogP contribution in [0.2, 0.25) is 0 Å². The molecule has 0 radical (unpaired) electrons. The SMILES string of the molecule is CC1(C2(C)CN=C(N)N2Cc2ccccc2)CC1. The third-order valence-corrected chi connectivity index (χ3v) is 4.90. The molecule has 3 heteroatoms. The van der Waals surface area contributed by atoms with Crippen LogP contribution in [0.3, 0.4) is 0 Å². The van der Waals surface area contributed by atoms with Crippen molar-refractivity contribution in [2.75, 3.05) is 6.54 Å². The van der Waals surface area contributed by atoms with Crippen molar-refractivity contribution in [3.8, 4) is 0 Å². The summed E-state index contributed by atoms with van der Waals surface area (Å²) in [6.45, 7) is 6.37. The molecule has 1 aromatic rings. The highest BCUT2D eigenvalue weighted by atomic mass is 15.4. The number of hydrogen-bond donors (Lipinski definition) is 1. The van der Waals surface area contributed by atoms with E-state index in [-0.39, 0.29) is 5.54 Å². The van der Waals surface area contributed by atoms with E-state index in [0.29, 0.717) is 11.4 Å². The zero-order valence-electron chi connectivity index (χ0n) is 11.2. The summed E-state index contributed by atoms with van der Waals surface area (Å²) in [4.78, 5) is 6.79. The summed E-state index contributed by atoms with van der Waals surface area (Å²) < 4.78 is 0. The van der Waals surface area contributed by atoms with Crippen LogP contribution in [0.4, 0.5) is 0 Å². The molecular formula is C15H21N3. The van der Waals surface area contributed by atoms with E-state index in [0.717, 1.165) is 13.1 Å². The third kappa shape index (κ3) is 1.61. The van der Waals surface area contributed by atoms with Gasteiger partial charge in [0.15, 0.2) is 5.96 Å². The van der Waals surface area contributed by atoms with Gasteiger partial charge in [0.2, 0.25) is 0 Å². The lowest BCUT2D eigenvalue weighted by Crippen LogP contribution is -2.54. The quantitative estimate of drug-likeness (QED) is 0.885. The zero-order valence-corrected chi connectivity index (χ0v) is 11.2. The first-order valence-corrected chi connectivity index (χ1v) is 6.67. The summed E-state index contributed by atoms with van der Waals surface area (Å²) in [5, 5.41) is 0. The van der Waals surface area contributed by atoms with Gasteiger partial charge in [-0.1, -0.05) is 37.3 Å². The van der Waals surface area contributed by atoms with Crippen molar-refractivity contribution < 1.29 is 0 Å². The van der Waals surface area contributed by atoms with Crippen LogP contribution in [0.25, 0.3) is 0 Å². The summed E-state index contributed by atoms with van der Waals surface area (Å²) in [6.07, 6.45) is 2.58. The molecule has 0 aromatic heterocycles. The molecule has 2 aliphatic rings. The van der Waals surface area contributed by atoms with Gasteiger partial charge in [-0.05, 0) is 30.7 Å². The second-order valence-electron chi connectivity index (χ2n) is 6.08. The molecule has 0 amide bonds. The minimum Gasteiger partial charge on any atom is -0.370 e. The van der Waals surface area contributed by atoms with Crippen molar-refractivity contribution in [2.24, 2.45) is 16.1 Å². The van der Waals surface area contributed by atoms with E-state index in [1.807, 2.05) is 6.07 Å². The lowest BCUT2D eigenvalue weighted by Gasteiger charge is -2.41. The van der Waals surface area contributed by atoms with E-state index in [1.54, 1.807) is 0 Å². The topological polar surface area (TPSA) is 41.6 Å². The molecule has 1 aliphatic heterocycles. The lowest BCUT2D eigenvalue weighted by atomic mass is 9.82. The molecule has 2 N–H and O–H groups in total. The molecule has 96 valence electrons. The highest BCUT2D eigenvalue weighted by Gasteiger charge is 2.58. The summed E-state index contributed by atoms with van der Waals surface area (Å²) in [5.74, 6) is 0.703. The minimum atomic E-state index is 0.0902. The van der Waals surface area contributed by atoms with Gasteiger partial charge < -0.3 is 10.6 Å². The Morgan fingerprint density at radius 3 is 2.50 bits per heavy atom. The van der Waals surface area contributed by atoms with Gasteiger partial charge >= 0.3 is 0 Å². The van der Waals surface area contributed by atoms with Crippen LogP contribution >= 0.6 is 0 Å². The van der Waals surface area contributed by atoms with E-state index in [4.69, 9.17) is 5.73 Å². The Balaban J connectivity index is 1.86. The van der Waals surface area contributed by atoms with Crippen LogP contribution in [-0.2, 0) is 6.54 Å². The van der Waals surface area contributed by atoms with Crippen LogP contribution in [0.5, 0.6) is 0 Å². The highest BCUT2D eigenvalue weighted by molar-refractivity contribution is 5.81. The van der Waals surface area contributed by atoms with Gasteiger partial charge in [-0.25, -0.2) is 0 Å². The van der Waals surface area contributed by atoms with Crippen molar-refractivity contribution >= 4 is 5.96 Å². The Bertz CT molecular complexity index is 476. The smallest absolute Gasteiger partial charge is 0.192 e. The molecule has 1 fully saturated rings. The fourth-order valence-electron chi connectivity index (χ4n) is 2.92. The molecule has 0 saturated heterocycles. The second kappa shape index (κ2) is 3.74. The number of guanidine groups is 1. The van der Waals surface area contributed by atoms with Crippen molar-refractivity contribution in [3.05, 3.63) is 35.9 Å². The Labute approximate surface area is 109 Å². The van der Waals surface area contributed by atoms with E-state index in [1.165, 1.54) is 18.4 Å². The Morgan fingerprint density at radius 1 is 1.22 bits per heavy atom. The molecule has 1 saturated carbocycles. The summed E-state index contributed by atoms with van der Waals surface area (Å²) in [6, 6.07) is 10.5. The maximum absolute atomic E-state index is 6.10. The Kier molecular flexibility index (Phi) is 2.40. The number of hydrogen-bond acceptors (Lipinski definition) is 3. The fraction of sp³-hybridized carbons (Fsp3) is 0.533. The van der Waals surface area contributed by atoms with E-state index in [2.05, 4.69) is 48.0 Å². The van der Waals surface area contributed by atoms with Gasteiger partial charge in [0.1, 0.15) is 0 Å². The summed E-state index contributed by atoms with van der Waals surface area (Å²) in [5.41, 5.74) is 7.87. The summed E-state index contributed by atoms with van der Waals surface area (Å²) >= 11 is 0. The molecule has 1 aromatic carbocycles. The number of rotatable bonds is 3. The predicted octanol–water partition coefficient (Wildman–Crippen LogP) is 2.38. The average molecular weight is 243 g/mol. The van der Waals surface area contributed by atoms with Gasteiger partial charge in [-0.2, -0.15) is 0 Å². The van der Waals surface area contributed by atoms with Gasteiger partial charge in [-0.15, -0.1) is 0 Å². The molecule has 1 atom stereocenters. The summed E-state index contributed by atoms with van der Waals surface area (Å²) in [7, 11) is 0. The van der Waals surface area contributed by atoms with Gasteiger partial charge in [0.05, 0.1) is 12.1 Å². The minimum absolute atomic E-state index is 0.0902. The molecule has 1 unspecified atom stereocenters. The third-order valence-electron chi connectivity index (χ3n) is 4.90. The molecule has 3 rings (SSSR count). The average Bonchev–Trinajstić information content (AvgIpc) is 3.07. The zero-order chi connectivity index (χ0) is 12.8. The molecular weight excluding hydrogens is 222 g/mol. The molecule has 0 spiro atoms. The largest absolute Gasteiger partial charge is 0.370 e. The van der Waals surface area contributed by atoms with Crippen LogP contribution in [0.15, 0.2) is 35.3 Å². The fourth-order valence-corrected chi connectivity index (χ4v) is 2.92. The van der Waals surface area contributed by atoms with Crippen molar-refractivity contribution in [1.82, 2.24) is 4.90 Å². The predicted molar refractivity (Wildman–Crippen MR) is 74.2 cm³/mol. The number of aliphatic imine (C=N–C) groups is 1. The van der Waals surface area contributed by atoms with Crippen LogP contribution in [0, 0.1) is 5.41 Å². The normalized spacial score (nSPS) is 29.2. The lowest BCUT2D eigenvalue weighted by molar-refractivity contribution is 0.126. The first-order chi connectivity index (χ1) is 8.55. The van der Waals surface area contributed by atoms with E-state index >= 15 is 0 Å². The molecule has 1 heterocycles. The maximum atomic E-state index is 6.10. The monoisotopic (exact) mass is 243 g/mol. The van der Waals surface area contributed by atoms with E-state index < -0.39 is 0 Å². The number of nitrogens with zero attached hydrogens (tertiary/aromatic N) is 2. The van der Waals surface area contributed by atoms with Crippen LogP contribution in [0.1, 0.15) is 32.3 Å². The molecule has 1 aliphatic carbocycles. The Morgan fingerprint density at radius 2 is 1.89 bits per heavy atom. The van der Waals surface area contributed by atoms with Crippen LogP contribution < -0.4 is 5.73 Å². The van der Waals surface area contributed by atoms with Crippen LogP contribution in [-0.4, -0.2) is 22.9 Å². The standard InChI is InChI=1S/C15H21N3/c1-14(8-9-14)15(2)11-17-13(16)18(15)10-12-6-4-3-5-7-12/h3-7H,8-11H2,1-2H3,(H2,16,17). The van der Waals surface area contributed by atoms with Gasteiger partial charge in [0.25, 0.3) is 0 Å². The highest BCUT2D eigenvalue weighted by Crippen LogP contribution is 2.57. The van der Waals surface area contributed by atoms with E-state index in [9.17, 15) is 0 Å². The maximum Gasteiger partial charge on any atom is 0.192 e. The molecule has 18 heavy (non-hydrogen) atoms. The first-order valence-electron chi connectivity index (χ1n) is 6.67. The number of nitrogens with two attached hydrogens (primary N) is 1. The molecule has 3 nitrogen and oxygen atoms in total. The molecule has 0 bridgehead atoms. The van der Waals surface area contributed by atoms with Gasteiger partial charge in [0, 0.05) is 6.54 Å². The van der Waals surface area contributed by atoms with Gasteiger partial charge in [-0.3, -0.25) is 4.99 Å². The second-order valence-corrected chi connectivity index (χ2v) is 6.08. The van der Waals surface area contributed by atoms with Crippen molar-refractivity contribution in [1.29, 1.82) is 0 Å².